The quantitative estimate of drug-likeness (QED) is 0.377. The van der Waals surface area contributed by atoms with Crippen LogP contribution in [0.2, 0.25) is 0 Å². The van der Waals surface area contributed by atoms with Crippen LogP contribution in [0.25, 0.3) is 0 Å². The third-order valence-corrected chi connectivity index (χ3v) is 5.32. The van der Waals surface area contributed by atoms with E-state index >= 15 is 0 Å². The molecule has 0 aromatic heterocycles. The molecule has 2 N–H and O–H groups in total. The van der Waals surface area contributed by atoms with Crippen LogP contribution in [0.15, 0.2) is 47.4 Å². The summed E-state index contributed by atoms with van der Waals surface area (Å²) in [6, 6.07) is 10.6. The van der Waals surface area contributed by atoms with E-state index in [1.807, 2.05) is 6.07 Å². The summed E-state index contributed by atoms with van der Waals surface area (Å²) in [6.45, 7) is 2.21. The molecule has 0 aliphatic carbocycles. The van der Waals surface area contributed by atoms with Crippen molar-refractivity contribution in [3.63, 3.8) is 0 Å². The molecular weight excluding hydrogens is 364 g/mol. The first kappa shape index (κ1) is 21.3. The highest BCUT2D eigenvalue weighted by Gasteiger charge is 2.11. The summed E-state index contributed by atoms with van der Waals surface area (Å²) in [6.07, 6.45) is 9.40. The molecule has 0 atom stereocenters. The van der Waals surface area contributed by atoms with Crippen LogP contribution in [0.4, 0.5) is 0 Å². The average molecular weight is 393 g/mol. The van der Waals surface area contributed by atoms with Crippen molar-refractivity contribution in [2.24, 2.45) is 0 Å². The van der Waals surface area contributed by atoms with Crippen LogP contribution in [0.1, 0.15) is 57.4 Å². The summed E-state index contributed by atoms with van der Waals surface area (Å²) in [7, 11) is -4.23. The fraction of sp³-hybridized carbons (Fsp3) is 0.429. The Labute approximate surface area is 161 Å². The fourth-order valence-corrected chi connectivity index (χ4v) is 3.40. The van der Waals surface area contributed by atoms with E-state index in [0.29, 0.717) is 11.5 Å². The van der Waals surface area contributed by atoms with Gasteiger partial charge in [0.2, 0.25) is 0 Å². The summed E-state index contributed by atoms with van der Waals surface area (Å²) in [5, 5.41) is 9.77. The second kappa shape index (κ2) is 10.3. The van der Waals surface area contributed by atoms with E-state index in [0.717, 1.165) is 24.8 Å². The molecule has 27 heavy (non-hydrogen) atoms. The Morgan fingerprint density at radius 1 is 0.889 bits per heavy atom. The maximum atomic E-state index is 11.1. The molecule has 0 saturated carbocycles. The number of phenols is 1. The minimum Gasteiger partial charge on any atom is -0.508 e. The molecular formula is C21H28O5S. The fourth-order valence-electron chi connectivity index (χ4n) is 2.92. The maximum absolute atomic E-state index is 11.1. The minimum atomic E-state index is -4.23. The Kier molecular flexibility index (Phi) is 8.13. The lowest BCUT2D eigenvalue weighted by atomic mass is 10.0. The Balaban J connectivity index is 1.97. The second-order valence-corrected chi connectivity index (χ2v) is 8.13. The summed E-state index contributed by atoms with van der Waals surface area (Å²) >= 11 is 0. The molecule has 2 rings (SSSR count). The molecule has 0 heterocycles. The van der Waals surface area contributed by atoms with E-state index in [4.69, 9.17) is 9.29 Å². The van der Waals surface area contributed by atoms with Gasteiger partial charge in [0.25, 0.3) is 10.1 Å². The molecule has 2 aromatic carbocycles. The normalized spacial score (nSPS) is 11.5. The standard InChI is InChI=1S/C21H28O5S/c1-2-3-4-5-6-7-8-9-17-10-11-18(22)16-21(17)26-19-12-14-20(15-13-19)27(23,24)25/h10-16,22H,2-9H2,1H3,(H,23,24,25). The van der Waals surface area contributed by atoms with E-state index < -0.39 is 10.1 Å². The number of hydrogen-bond donors (Lipinski definition) is 2. The molecule has 148 valence electrons. The summed E-state index contributed by atoms with van der Waals surface area (Å²) in [5.41, 5.74) is 1.00. The van der Waals surface area contributed by atoms with Crippen molar-refractivity contribution in [2.75, 3.05) is 0 Å². The third-order valence-electron chi connectivity index (χ3n) is 4.45. The van der Waals surface area contributed by atoms with Gasteiger partial charge in [-0.25, -0.2) is 0 Å². The summed E-state index contributed by atoms with van der Waals surface area (Å²) < 4.78 is 37.1. The molecule has 0 saturated heterocycles. The predicted octanol–water partition coefficient (Wildman–Crippen LogP) is 5.72. The molecule has 0 radical (unpaired) electrons. The van der Waals surface area contributed by atoms with E-state index in [2.05, 4.69) is 6.92 Å². The van der Waals surface area contributed by atoms with Crippen molar-refractivity contribution in [2.45, 2.75) is 63.2 Å². The van der Waals surface area contributed by atoms with Crippen LogP contribution in [-0.4, -0.2) is 18.1 Å². The molecule has 0 amide bonds. The van der Waals surface area contributed by atoms with E-state index in [1.165, 1.54) is 56.4 Å². The number of benzene rings is 2. The number of phenolic OH excluding ortho intramolecular Hbond substituents is 1. The van der Waals surface area contributed by atoms with Crippen LogP contribution in [0, 0.1) is 0 Å². The van der Waals surface area contributed by atoms with Crippen molar-refractivity contribution in [3.05, 3.63) is 48.0 Å². The van der Waals surface area contributed by atoms with Crippen molar-refractivity contribution in [1.82, 2.24) is 0 Å². The summed E-state index contributed by atoms with van der Waals surface area (Å²) in [4.78, 5) is -0.186. The van der Waals surface area contributed by atoms with Crippen molar-refractivity contribution in [1.29, 1.82) is 0 Å². The number of rotatable bonds is 11. The van der Waals surface area contributed by atoms with Crippen LogP contribution in [-0.2, 0) is 16.5 Å². The van der Waals surface area contributed by atoms with Gasteiger partial charge in [0.1, 0.15) is 17.2 Å². The zero-order valence-electron chi connectivity index (χ0n) is 15.7. The number of aromatic hydroxyl groups is 1. The van der Waals surface area contributed by atoms with Gasteiger partial charge in [-0.3, -0.25) is 4.55 Å². The first-order valence-electron chi connectivity index (χ1n) is 9.47. The van der Waals surface area contributed by atoms with Gasteiger partial charge in [0, 0.05) is 6.07 Å². The highest BCUT2D eigenvalue weighted by Crippen LogP contribution is 2.30. The number of unbranched alkanes of at least 4 members (excludes halogenated alkanes) is 6. The smallest absolute Gasteiger partial charge is 0.294 e. The third kappa shape index (κ3) is 7.23. The maximum Gasteiger partial charge on any atom is 0.294 e. The zero-order valence-corrected chi connectivity index (χ0v) is 16.5. The monoisotopic (exact) mass is 392 g/mol. The lowest BCUT2D eigenvalue weighted by Gasteiger charge is -2.12. The molecule has 0 aliphatic heterocycles. The minimum absolute atomic E-state index is 0.114. The molecule has 0 fully saturated rings. The Bertz CT molecular complexity index is 813. The Morgan fingerprint density at radius 2 is 1.52 bits per heavy atom. The summed E-state index contributed by atoms with van der Waals surface area (Å²) in [5.74, 6) is 1.11. The van der Waals surface area contributed by atoms with Crippen LogP contribution >= 0.6 is 0 Å². The molecule has 0 unspecified atom stereocenters. The van der Waals surface area contributed by atoms with Crippen molar-refractivity contribution >= 4 is 10.1 Å². The molecule has 0 bridgehead atoms. The SMILES string of the molecule is CCCCCCCCCc1ccc(O)cc1Oc1ccc(S(=O)(=O)O)cc1. The van der Waals surface area contributed by atoms with Gasteiger partial charge in [-0.05, 0) is 48.7 Å². The molecule has 0 spiro atoms. The molecule has 5 nitrogen and oxygen atoms in total. The van der Waals surface area contributed by atoms with Gasteiger partial charge in [0.05, 0.1) is 4.90 Å². The van der Waals surface area contributed by atoms with Gasteiger partial charge in [-0.2, -0.15) is 8.42 Å². The first-order valence-corrected chi connectivity index (χ1v) is 10.9. The average Bonchev–Trinajstić information content (AvgIpc) is 2.62. The van der Waals surface area contributed by atoms with Gasteiger partial charge < -0.3 is 9.84 Å². The zero-order chi connectivity index (χ0) is 19.7. The highest BCUT2D eigenvalue weighted by atomic mass is 32.2. The Hall–Kier alpha value is -2.05. The van der Waals surface area contributed by atoms with Crippen LogP contribution in [0.5, 0.6) is 17.2 Å². The molecule has 0 aliphatic rings. The lowest BCUT2D eigenvalue weighted by molar-refractivity contribution is 0.450. The highest BCUT2D eigenvalue weighted by molar-refractivity contribution is 7.85. The van der Waals surface area contributed by atoms with Crippen LogP contribution < -0.4 is 4.74 Å². The van der Waals surface area contributed by atoms with E-state index in [1.54, 1.807) is 12.1 Å². The topological polar surface area (TPSA) is 83.8 Å². The van der Waals surface area contributed by atoms with Gasteiger partial charge in [0.15, 0.2) is 0 Å². The molecule has 2 aromatic rings. The Morgan fingerprint density at radius 3 is 2.15 bits per heavy atom. The van der Waals surface area contributed by atoms with Crippen molar-refractivity contribution < 1.29 is 22.8 Å². The van der Waals surface area contributed by atoms with Gasteiger partial charge >= 0.3 is 0 Å². The van der Waals surface area contributed by atoms with E-state index in [-0.39, 0.29) is 10.6 Å². The van der Waals surface area contributed by atoms with Crippen LogP contribution in [0.3, 0.4) is 0 Å². The first-order chi connectivity index (χ1) is 12.9. The van der Waals surface area contributed by atoms with Crippen molar-refractivity contribution in [3.8, 4) is 17.2 Å². The predicted molar refractivity (Wildman–Crippen MR) is 106 cm³/mol. The van der Waals surface area contributed by atoms with Gasteiger partial charge in [-0.15, -0.1) is 0 Å². The van der Waals surface area contributed by atoms with Gasteiger partial charge in [-0.1, -0.05) is 51.5 Å². The lowest BCUT2D eigenvalue weighted by Crippen LogP contribution is -1.98. The largest absolute Gasteiger partial charge is 0.508 e. The number of ether oxygens (including phenoxy) is 1. The second-order valence-electron chi connectivity index (χ2n) is 6.71. The van der Waals surface area contributed by atoms with E-state index in [9.17, 15) is 13.5 Å². The number of aryl methyl sites for hydroxylation is 1. The molecule has 6 heteroatoms. The number of hydrogen-bond acceptors (Lipinski definition) is 4.